The van der Waals surface area contributed by atoms with E-state index < -0.39 is 0 Å². The number of hydrogen-bond acceptors (Lipinski definition) is 5. The number of hydrogen-bond donors (Lipinski definition) is 1. The number of aliphatic hydroxyl groups excluding tert-OH is 1. The summed E-state index contributed by atoms with van der Waals surface area (Å²) >= 11 is 0. The first-order valence-electron chi connectivity index (χ1n) is 6.88. The maximum absolute atomic E-state index is 8.85. The van der Waals surface area contributed by atoms with E-state index in [1.54, 1.807) is 0 Å². The summed E-state index contributed by atoms with van der Waals surface area (Å²) < 4.78 is 11.0. The van der Waals surface area contributed by atoms with Gasteiger partial charge in [-0.2, -0.15) is 5.26 Å². The third kappa shape index (κ3) is 5.09. The molecule has 1 atom stereocenters. The number of nitrogens with zero attached hydrogens (tertiary/aromatic N) is 2. The lowest BCUT2D eigenvalue weighted by molar-refractivity contribution is -0.00334. The summed E-state index contributed by atoms with van der Waals surface area (Å²) in [4.78, 5) is 2.16. The van der Waals surface area contributed by atoms with Crippen LogP contribution in [0.15, 0.2) is 24.3 Å². The third-order valence-electron chi connectivity index (χ3n) is 3.12. The molecular weight excluding hydrogens is 268 g/mol. The van der Waals surface area contributed by atoms with Crippen molar-refractivity contribution < 1.29 is 14.6 Å². The van der Waals surface area contributed by atoms with Crippen LogP contribution < -0.4 is 4.74 Å². The van der Waals surface area contributed by atoms with E-state index in [-0.39, 0.29) is 12.7 Å². The second kappa shape index (κ2) is 8.28. The van der Waals surface area contributed by atoms with Crippen molar-refractivity contribution in [3.05, 3.63) is 29.8 Å². The Morgan fingerprint density at radius 3 is 3.19 bits per heavy atom. The van der Waals surface area contributed by atoms with Gasteiger partial charge < -0.3 is 14.6 Å². The predicted molar refractivity (Wildman–Crippen MR) is 77.7 cm³/mol. The standard InChI is InChI=1S/C16H18N2O3/c17-12-16-13-18(7-10-21-16)6-9-20-15-5-1-3-14(11-15)4-2-8-19/h1,3,5,11,16,19H,6-10,13H2. The van der Waals surface area contributed by atoms with Crippen LogP contribution in [0.5, 0.6) is 5.75 Å². The Kier molecular flexibility index (Phi) is 6.05. The molecule has 1 fully saturated rings. The Hall–Kier alpha value is -2.05. The summed E-state index contributed by atoms with van der Waals surface area (Å²) in [5, 5.41) is 17.5. The molecular formula is C16H18N2O3. The highest BCUT2D eigenvalue weighted by molar-refractivity contribution is 5.39. The van der Waals surface area contributed by atoms with Crippen molar-refractivity contribution in [2.24, 2.45) is 0 Å². The molecule has 5 nitrogen and oxygen atoms in total. The molecule has 1 unspecified atom stereocenters. The second-order valence-electron chi connectivity index (χ2n) is 4.63. The third-order valence-corrected chi connectivity index (χ3v) is 3.12. The lowest BCUT2D eigenvalue weighted by Crippen LogP contribution is -2.43. The van der Waals surface area contributed by atoms with Crippen LogP contribution in [0.25, 0.3) is 0 Å². The molecule has 1 aliphatic rings. The van der Waals surface area contributed by atoms with Crippen molar-refractivity contribution in [3.63, 3.8) is 0 Å². The SMILES string of the molecule is N#CC1CN(CCOc2cccc(C#CCO)c2)CCO1. The molecule has 1 aromatic carbocycles. The minimum Gasteiger partial charge on any atom is -0.492 e. The van der Waals surface area contributed by atoms with Gasteiger partial charge in [0.2, 0.25) is 0 Å². The molecule has 0 aliphatic carbocycles. The van der Waals surface area contributed by atoms with Crippen molar-refractivity contribution in [1.82, 2.24) is 4.90 Å². The van der Waals surface area contributed by atoms with E-state index in [9.17, 15) is 0 Å². The van der Waals surface area contributed by atoms with Crippen LogP contribution in [-0.2, 0) is 4.74 Å². The molecule has 1 aromatic rings. The van der Waals surface area contributed by atoms with Gasteiger partial charge in [-0.05, 0) is 18.2 Å². The van der Waals surface area contributed by atoms with Crippen molar-refractivity contribution >= 4 is 0 Å². The van der Waals surface area contributed by atoms with E-state index in [4.69, 9.17) is 19.8 Å². The van der Waals surface area contributed by atoms with Gasteiger partial charge in [0.15, 0.2) is 6.10 Å². The first kappa shape index (κ1) is 15.3. The van der Waals surface area contributed by atoms with E-state index in [0.29, 0.717) is 19.8 Å². The van der Waals surface area contributed by atoms with Gasteiger partial charge in [0.25, 0.3) is 0 Å². The van der Waals surface area contributed by atoms with Crippen LogP contribution in [0.1, 0.15) is 5.56 Å². The minimum atomic E-state index is -0.337. The normalized spacial score (nSPS) is 18.4. The first-order chi connectivity index (χ1) is 10.3. The number of ether oxygens (including phenoxy) is 2. The van der Waals surface area contributed by atoms with Gasteiger partial charge in [-0.3, -0.25) is 4.90 Å². The van der Waals surface area contributed by atoms with E-state index in [1.807, 2.05) is 24.3 Å². The number of morpholine rings is 1. The summed E-state index contributed by atoms with van der Waals surface area (Å²) in [5.74, 6) is 6.21. The van der Waals surface area contributed by atoms with Gasteiger partial charge in [-0.15, -0.1) is 0 Å². The van der Waals surface area contributed by atoms with Crippen LogP contribution in [0.2, 0.25) is 0 Å². The van der Waals surface area contributed by atoms with Crippen molar-refractivity contribution in [1.29, 1.82) is 5.26 Å². The highest BCUT2D eigenvalue weighted by Crippen LogP contribution is 2.13. The Labute approximate surface area is 124 Å². The molecule has 110 valence electrons. The zero-order chi connectivity index (χ0) is 14.9. The maximum atomic E-state index is 8.85. The molecule has 1 saturated heterocycles. The number of benzene rings is 1. The quantitative estimate of drug-likeness (QED) is 0.823. The smallest absolute Gasteiger partial charge is 0.156 e. The van der Waals surface area contributed by atoms with Gasteiger partial charge in [-0.1, -0.05) is 17.9 Å². The van der Waals surface area contributed by atoms with Crippen LogP contribution in [0, 0.1) is 23.2 Å². The molecule has 0 spiro atoms. The van der Waals surface area contributed by atoms with Crippen LogP contribution in [-0.4, -0.2) is 55.6 Å². The average Bonchev–Trinajstić information content (AvgIpc) is 2.53. The Morgan fingerprint density at radius 1 is 1.48 bits per heavy atom. The molecule has 0 radical (unpaired) electrons. The van der Waals surface area contributed by atoms with E-state index in [0.717, 1.165) is 24.4 Å². The molecule has 0 bridgehead atoms. The fraction of sp³-hybridized carbons (Fsp3) is 0.438. The predicted octanol–water partition coefficient (Wildman–Crippen LogP) is 0.634. The highest BCUT2D eigenvalue weighted by Gasteiger charge is 2.19. The maximum Gasteiger partial charge on any atom is 0.156 e. The zero-order valence-electron chi connectivity index (χ0n) is 11.8. The van der Waals surface area contributed by atoms with Crippen molar-refractivity contribution in [2.75, 3.05) is 39.5 Å². The van der Waals surface area contributed by atoms with Gasteiger partial charge in [0.05, 0.1) is 12.7 Å². The minimum absolute atomic E-state index is 0.151. The Morgan fingerprint density at radius 2 is 2.38 bits per heavy atom. The van der Waals surface area contributed by atoms with E-state index in [2.05, 4.69) is 22.8 Å². The topological polar surface area (TPSA) is 65.7 Å². The molecule has 1 heterocycles. The second-order valence-corrected chi connectivity index (χ2v) is 4.63. The summed E-state index contributed by atoms with van der Waals surface area (Å²) in [6.45, 7) is 3.20. The first-order valence-corrected chi connectivity index (χ1v) is 6.88. The molecule has 21 heavy (non-hydrogen) atoms. The Bertz CT molecular complexity index is 557. The van der Waals surface area contributed by atoms with Gasteiger partial charge in [-0.25, -0.2) is 0 Å². The average molecular weight is 286 g/mol. The van der Waals surface area contributed by atoms with E-state index in [1.165, 1.54) is 0 Å². The lowest BCUT2D eigenvalue weighted by atomic mass is 10.2. The highest BCUT2D eigenvalue weighted by atomic mass is 16.5. The largest absolute Gasteiger partial charge is 0.492 e. The molecule has 1 aliphatic heterocycles. The summed E-state index contributed by atoms with van der Waals surface area (Å²) in [7, 11) is 0. The van der Waals surface area contributed by atoms with Crippen LogP contribution >= 0.6 is 0 Å². The fourth-order valence-corrected chi connectivity index (χ4v) is 2.08. The number of nitriles is 1. The van der Waals surface area contributed by atoms with Gasteiger partial charge in [0.1, 0.15) is 19.0 Å². The monoisotopic (exact) mass is 286 g/mol. The van der Waals surface area contributed by atoms with Crippen molar-refractivity contribution in [2.45, 2.75) is 6.10 Å². The fourth-order valence-electron chi connectivity index (χ4n) is 2.08. The van der Waals surface area contributed by atoms with Crippen molar-refractivity contribution in [3.8, 4) is 23.7 Å². The molecule has 5 heteroatoms. The van der Waals surface area contributed by atoms with Crippen LogP contribution in [0.3, 0.4) is 0 Å². The van der Waals surface area contributed by atoms with E-state index >= 15 is 0 Å². The van der Waals surface area contributed by atoms with Crippen LogP contribution in [0.4, 0.5) is 0 Å². The summed E-state index contributed by atoms with van der Waals surface area (Å²) in [5.41, 5.74) is 0.817. The van der Waals surface area contributed by atoms with Gasteiger partial charge >= 0.3 is 0 Å². The molecule has 2 rings (SSSR count). The number of aliphatic hydroxyl groups is 1. The zero-order valence-corrected chi connectivity index (χ0v) is 11.8. The summed E-state index contributed by atoms with van der Waals surface area (Å²) in [6.07, 6.45) is -0.337. The molecule has 0 aromatic heterocycles. The Balaban J connectivity index is 1.79. The molecule has 0 amide bonds. The molecule has 1 N–H and O–H groups in total. The van der Waals surface area contributed by atoms with Gasteiger partial charge in [0, 0.05) is 25.2 Å². The molecule has 0 saturated carbocycles. The number of rotatable bonds is 4. The lowest BCUT2D eigenvalue weighted by Gasteiger charge is -2.29. The summed E-state index contributed by atoms with van der Waals surface area (Å²) in [6, 6.07) is 9.59.